The van der Waals surface area contributed by atoms with Crippen LogP contribution in [0.3, 0.4) is 0 Å². The summed E-state index contributed by atoms with van der Waals surface area (Å²) in [6, 6.07) is 0. The molecule has 1 aliphatic rings. The summed E-state index contributed by atoms with van der Waals surface area (Å²) in [6.45, 7) is 4.97. The predicted octanol–water partition coefficient (Wildman–Crippen LogP) is 0.699. The van der Waals surface area contributed by atoms with Crippen molar-refractivity contribution in [2.24, 2.45) is 5.92 Å². The first-order valence-electron chi connectivity index (χ1n) is 6.33. The van der Waals surface area contributed by atoms with Crippen LogP contribution in [0.5, 0.6) is 0 Å². The van der Waals surface area contributed by atoms with Crippen LogP contribution < -0.4 is 5.32 Å². The molecule has 0 aromatic rings. The topological polar surface area (TPSA) is 69.6 Å². The van der Waals surface area contributed by atoms with Gasteiger partial charge >= 0.3 is 5.97 Å². The largest absolute Gasteiger partial charge is 0.481 e. The molecule has 1 saturated heterocycles. The van der Waals surface area contributed by atoms with E-state index in [2.05, 4.69) is 5.32 Å². The van der Waals surface area contributed by atoms with E-state index in [1.165, 1.54) is 0 Å². The smallest absolute Gasteiger partial charge is 0.303 e. The Labute approximate surface area is 102 Å². The van der Waals surface area contributed by atoms with Crippen molar-refractivity contribution in [3.63, 3.8) is 0 Å². The Balaban J connectivity index is 2.32. The second-order valence-electron chi connectivity index (χ2n) is 4.55. The molecule has 1 aliphatic heterocycles. The number of carbonyl (C=O) groups is 2. The number of nitrogens with one attached hydrogen (secondary N) is 1. The first-order valence-corrected chi connectivity index (χ1v) is 6.33. The molecule has 1 rings (SSSR count). The Bertz CT molecular complexity index is 268. The third kappa shape index (κ3) is 5.17. The number of carboxylic acid groups (broad SMARTS) is 1. The van der Waals surface area contributed by atoms with Crippen LogP contribution >= 0.6 is 0 Å². The molecule has 0 aliphatic carbocycles. The molecule has 1 unspecified atom stereocenters. The first kappa shape index (κ1) is 14.0. The highest BCUT2D eigenvalue weighted by Gasteiger charge is 2.24. The van der Waals surface area contributed by atoms with Gasteiger partial charge in [0.15, 0.2) is 0 Å². The minimum Gasteiger partial charge on any atom is -0.481 e. The van der Waals surface area contributed by atoms with Gasteiger partial charge in [0.25, 0.3) is 0 Å². The maximum Gasteiger partial charge on any atom is 0.303 e. The summed E-state index contributed by atoms with van der Waals surface area (Å²) in [6.07, 6.45) is 2.53. The van der Waals surface area contributed by atoms with Gasteiger partial charge in [-0.1, -0.05) is 6.92 Å². The molecule has 0 aromatic carbocycles. The number of likely N-dealkylation sites (tertiary alicyclic amines) is 1. The summed E-state index contributed by atoms with van der Waals surface area (Å²) in [5.74, 6) is -0.498. The minimum absolute atomic E-state index is 0.129. The van der Waals surface area contributed by atoms with Gasteiger partial charge in [0.05, 0.1) is 0 Å². The van der Waals surface area contributed by atoms with Crippen molar-refractivity contribution in [1.29, 1.82) is 0 Å². The zero-order chi connectivity index (χ0) is 12.7. The second kappa shape index (κ2) is 7.27. The van der Waals surface area contributed by atoms with E-state index in [-0.39, 0.29) is 18.2 Å². The summed E-state index contributed by atoms with van der Waals surface area (Å²) in [7, 11) is 0. The lowest BCUT2D eigenvalue weighted by Gasteiger charge is -2.32. The van der Waals surface area contributed by atoms with E-state index in [1.807, 2.05) is 11.8 Å². The van der Waals surface area contributed by atoms with Crippen molar-refractivity contribution < 1.29 is 14.7 Å². The van der Waals surface area contributed by atoms with Gasteiger partial charge in [-0.3, -0.25) is 9.59 Å². The molecule has 1 heterocycles. The molecule has 0 spiro atoms. The van der Waals surface area contributed by atoms with Gasteiger partial charge in [-0.25, -0.2) is 0 Å². The molecule has 2 N–H and O–H groups in total. The number of hydrogen-bond donors (Lipinski definition) is 2. The van der Waals surface area contributed by atoms with Crippen molar-refractivity contribution in [3.05, 3.63) is 0 Å². The maximum absolute atomic E-state index is 11.8. The molecule has 98 valence electrons. The van der Waals surface area contributed by atoms with Gasteiger partial charge in [-0.05, 0) is 25.3 Å². The number of carboxylic acids is 1. The Morgan fingerprint density at radius 2 is 2.24 bits per heavy atom. The molecule has 0 bridgehead atoms. The van der Waals surface area contributed by atoms with E-state index in [1.54, 1.807) is 0 Å². The van der Waals surface area contributed by atoms with Crippen molar-refractivity contribution in [2.45, 2.75) is 32.6 Å². The average molecular weight is 242 g/mol. The minimum atomic E-state index is -0.767. The van der Waals surface area contributed by atoms with Gasteiger partial charge in [0.2, 0.25) is 5.91 Å². The monoisotopic (exact) mass is 242 g/mol. The number of aliphatic carboxylic acids is 1. The van der Waals surface area contributed by atoms with Crippen LogP contribution in [0.4, 0.5) is 0 Å². The number of hydrogen-bond acceptors (Lipinski definition) is 3. The molecule has 1 atom stereocenters. The van der Waals surface area contributed by atoms with E-state index < -0.39 is 5.97 Å². The van der Waals surface area contributed by atoms with Gasteiger partial charge in [0, 0.05) is 32.5 Å². The quantitative estimate of drug-likeness (QED) is 0.673. The van der Waals surface area contributed by atoms with E-state index in [4.69, 9.17) is 5.11 Å². The lowest BCUT2D eigenvalue weighted by molar-refractivity contribution is -0.140. The molecule has 5 nitrogen and oxygen atoms in total. The van der Waals surface area contributed by atoms with E-state index in [0.29, 0.717) is 19.5 Å². The van der Waals surface area contributed by atoms with Crippen molar-refractivity contribution in [1.82, 2.24) is 10.2 Å². The predicted molar refractivity (Wildman–Crippen MR) is 64.7 cm³/mol. The molecular formula is C12H22N2O3. The Hall–Kier alpha value is -1.10. The van der Waals surface area contributed by atoms with Gasteiger partial charge in [0.1, 0.15) is 0 Å². The average Bonchev–Trinajstić information content (AvgIpc) is 2.28. The zero-order valence-corrected chi connectivity index (χ0v) is 10.4. The molecule has 5 heteroatoms. The molecule has 17 heavy (non-hydrogen) atoms. The van der Waals surface area contributed by atoms with Crippen LogP contribution in [0, 0.1) is 5.92 Å². The van der Waals surface area contributed by atoms with Crippen molar-refractivity contribution in [3.8, 4) is 0 Å². The molecule has 0 aromatic heterocycles. The van der Waals surface area contributed by atoms with Gasteiger partial charge < -0.3 is 15.3 Å². The Morgan fingerprint density at radius 3 is 2.88 bits per heavy atom. The van der Waals surface area contributed by atoms with Crippen LogP contribution in [-0.2, 0) is 9.59 Å². The summed E-state index contributed by atoms with van der Waals surface area (Å²) in [5.41, 5.74) is 0. The first-order chi connectivity index (χ1) is 8.13. The van der Waals surface area contributed by atoms with Crippen LogP contribution in [-0.4, -0.2) is 48.1 Å². The lowest BCUT2D eigenvalue weighted by Crippen LogP contribution is -2.41. The highest BCUT2D eigenvalue weighted by molar-refractivity contribution is 5.76. The summed E-state index contributed by atoms with van der Waals surface area (Å²) < 4.78 is 0. The fourth-order valence-electron chi connectivity index (χ4n) is 2.24. The standard InChI is InChI=1S/C12H22N2O3/c1-2-13-6-5-11(15)14-7-3-4-10(9-14)8-12(16)17/h10,13H,2-9H2,1H3,(H,16,17). The third-order valence-electron chi connectivity index (χ3n) is 3.10. The van der Waals surface area contributed by atoms with Crippen LogP contribution in [0.1, 0.15) is 32.6 Å². The SMILES string of the molecule is CCNCCC(=O)N1CCCC(CC(=O)O)C1. The summed E-state index contributed by atoms with van der Waals surface area (Å²) in [4.78, 5) is 24.3. The van der Waals surface area contributed by atoms with Gasteiger partial charge in [-0.15, -0.1) is 0 Å². The molecule has 0 saturated carbocycles. The fourth-order valence-corrected chi connectivity index (χ4v) is 2.24. The fraction of sp³-hybridized carbons (Fsp3) is 0.833. The summed E-state index contributed by atoms with van der Waals surface area (Å²) >= 11 is 0. The van der Waals surface area contributed by atoms with E-state index >= 15 is 0 Å². The lowest BCUT2D eigenvalue weighted by atomic mass is 9.94. The molecule has 1 amide bonds. The Kier molecular flexibility index (Phi) is 5.97. The van der Waals surface area contributed by atoms with Crippen LogP contribution in [0.15, 0.2) is 0 Å². The molecule has 1 fully saturated rings. The number of amides is 1. The Morgan fingerprint density at radius 1 is 1.47 bits per heavy atom. The highest BCUT2D eigenvalue weighted by atomic mass is 16.4. The molecular weight excluding hydrogens is 220 g/mol. The third-order valence-corrected chi connectivity index (χ3v) is 3.10. The second-order valence-corrected chi connectivity index (χ2v) is 4.55. The van der Waals surface area contributed by atoms with E-state index in [0.717, 1.165) is 25.9 Å². The zero-order valence-electron chi connectivity index (χ0n) is 10.4. The molecule has 0 radical (unpaired) electrons. The number of nitrogens with zero attached hydrogens (tertiary/aromatic N) is 1. The van der Waals surface area contributed by atoms with Crippen LogP contribution in [0.25, 0.3) is 0 Å². The van der Waals surface area contributed by atoms with Crippen molar-refractivity contribution in [2.75, 3.05) is 26.2 Å². The maximum atomic E-state index is 11.8. The van der Waals surface area contributed by atoms with Crippen LogP contribution in [0.2, 0.25) is 0 Å². The number of rotatable bonds is 6. The van der Waals surface area contributed by atoms with Crippen molar-refractivity contribution >= 4 is 11.9 Å². The number of piperidine rings is 1. The highest BCUT2D eigenvalue weighted by Crippen LogP contribution is 2.19. The number of carbonyl (C=O) groups excluding carboxylic acids is 1. The normalized spacial score (nSPS) is 20.3. The van der Waals surface area contributed by atoms with Gasteiger partial charge in [-0.2, -0.15) is 0 Å². The van der Waals surface area contributed by atoms with E-state index in [9.17, 15) is 9.59 Å². The summed E-state index contributed by atoms with van der Waals surface area (Å²) in [5, 5.41) is 11.9.